The molecule has 1 saturated carbocycles. The van der Waals surface area contributed by atoms with Gasteiger partial charge in [-0.1, -0.05) is 110 Å². The molecule has 0 saturated heterocycles. The van der Waals surface area contributed by atoms with Crippen LogP contribution in [0.4, 0.5) is 17.1 Å². The molecule has 0 aromatic heterocycles. The molecule has 50 heavy (non-hydrogen) atoms. The van der Waals surface area contributed by atoms with Crippen LogP contribution in [-0.4, -0.2) is 0 Å². The van der Waals surface area contributed by atoms with Crippen molar-refractivity contribution in [1.29, 1.82) is 5.26 Å². The zero-order valence-corrected chi connectivity index (χ0v) is 28.7. The molecule has 4 unspecified atom stereocenters. The first kappa shape index (κ1) is 30.4. The van der Waals surface area contributed by atoms with Crippen LogP contribution in [0.1, 0.15) is 49.8 Å². The number of para-hydroxylation sites is 1. The van der Waals surface area contributed by atoms with E-state index in [1.54, 1.807) is 5.57 Å². The Morgan fingerprint density at radius 2 is 1.28 bits per heavy atom. The summed E-state index contributed by atoms with van der Waals surface area (Å²) in [6.45, 7) is 4.86. The van der Waals surface area contributed by atoms with Gasteiger partial charge in [0.1, 0.15) is 0 Å². The highest BCUT2D eigenvalue weighted by atomic mass is 15.1. The maximum atomic E-state index is 9.64. The van der Waals surface area contributed by atoms with Gasteiger partial charge in [0.25, 0.3) is 0 Å². The van der Waals surface area contributed by atoms with Crippen LogP contribution in [0.5, 0.6) is 0 Å². The van der Waals surface area contributed by atoms with Crippen LogP contribution in [0.15, 0.2) is 157 Å². The van der Waals surface area contributed by atoms with E-state index in [0.717, 1.165) is 17.1 Å². The van der Waals surface area contributed by atoms with E-state index in [2.05, 4.69) is 164 Å². The van der Waals surface area contributed by atoms with Crippen LogP contribution in [0.2, 0.25) is 0 Å². The second-order valence-electron chi connectivity index (χ2n) is 14.7. The minimum Gasteiger partial charge on any atom is -0.310 e. The first-order valence-electron chi connectivity index (χ1n) is 18.0. The molecule has 3 aliphatic carbocycles. The summed E-state index contributed by atoms with van der Waals surface area (Å²) < 4.78 is 0. The molecule has 3 aliphatic rings. The van der Waals surface area contributed by atoms with Crippen molar-refractivity contribution >= 4 is 17.1 Å². The van der Waals surface area contributed by atoms with Gasteiger partial charge in [-0.3, -0.25) is 0 Å². The molecule has 4 atom stereocenters. The monoisotopic (exact) mass is 644 g/mol. The van der Waals surface area contributed by atoms with Gasteiger partial charge in [-0.25, -0.2) is 0 Å². The maximum absolute atomic E-state index is 9.64. The molecule has 6 aromatic carbocycles. The van der Waals surface area contributed by atoms with Gasteiger partial charge in [0.05, 0.1) is 11.6 Å². The number of anilines is 3. The second-order valence-corrected chi connectivity index (χ2v) is 14.7. The summed E-state index contributed by atoms with van der Waals surface area (Å²) in [5.41, 5.74) is 15.8. The smallest absolute Gasteiger partial charge is 0.0991 e. The molecule has 1 fully saturated rings. The van der Waals surface area contributed by atoms with Crippen molar-refractivity contribution in [3.63, 3.8) is 0 Å². The van der Waals surface area contributed by atoms with Gasteiger partial charge in [-0.05, 0) is 143 Å². The van der Waals surface area contributed by atoms with Crippen LogP contribution in [0.3, 0.4) is 0 Å². The van der Waals surface area contributed by atoms with E-state index >= 15 is 0 Å². The van der Waals surface area contributed by atoms with E-state index in [9.17, 15) is 5.26 Å². The van der Waals surface area contributed by atoms with Crippen LogP contribution < -0.4 is 4.90 Å². The summed E-state index contributed by atoms with van der Waals surface area (Å²) in [6, 6.07) is 55.0. The van der Waals surface area contributed by atoms with Crippen molar-refractivity contribution < 1.29 is 0 Å². The summed E-state index contributed by atoms with van der Waals surface area (Å²) in [6.07, 6.45) is 6.45. The van der Waals surface area contributed by atoms with Gasteiger partial charge in [0, 0.05) is 22.5 Å². The highest BCUT2D eigenvalue weighted by molar-refractivity contribution is 5.97. The van der Waals surface area contributed by atoms with E-state index in [4.69, 9.17) is 0 Å². The summed E-state index contributed by atoms with van der Waals surface area (Å²) >= 11 is 0. The first-order chi connectivity index (χ1) is 24.5. The van der Waals surface area contributed by atoms with Crippen molar-refractivity contribution in [3.8, 4) is 39.4 Å². The highest BCUT2D eigenvalue weighted by Crippen LogP contribution is 2.63. The minimum absolute atomic E-state index is 0.198. The van der Waals surface area contributed by atoms with Crippen molar-refractivity contribution in [2.45, 2.75) is 38.5 Å². The second kappa shape index (κ2) is 12.0. The number of allylic oxidation sites excluding steroid dienone is 2. The third kappa shape index (κ3) is 4.84. The Hall–Kier alpha value is -5.65. The normalized spacial score (nSPS) is 21.5. The topological polar surface area (TPSA) is 27.0 Å². The predicted molar refractivity (Wildman–Crippen MR) is 207 cm³/mol. The van der Waals surface area contributed by atoms with Crippen molar-refractivity contribution in [2.24, 2.45) is 17.8 Å². The summed E-state index contributed by atoms with van der Waals surface area (Å²) in [5, 5.41) is 9.64. The molecule has 0 amide bonds. The Bertz CT molecular complexity index is 2290. The van der Waals surface area contributed by atoms with Crippen LogP contribution in [-0.2, 0) is 5.41 Å². The van der Waals surface area contributed by atoms with Crippen LogP contribution in [0, 0.1) is 29.1 Å². The van der Waals surface area contributed by atoms with Gasteiger partial charge in [-0.2, -0.15) is 5.26 Å². The third-order valence-corrected chi connectivity index (χ3v) is 11.7. The fourth-order valence-corrected chi connectivity index (χ4v) is 9.55. The lowest BCUT2D eigenvalue weighted by atomic mass is 9.55. The zero-order valence-electron chi connectivity index (χ0n) is 28.7. The number of rotatable bonds is 5. The van der Waals surface area contributed by atoms with Crippen molar-refractivity contribution in [1.82, 2.24) is 0 Å². The lowest BCUT2D eigenvalue weighted by Crippen LogP contribution is -2.42. The van der Waals surface area contributed by atoms with E-state index in [1.165, 1.54) is 63.8 Å². The Morgan fingerprint density at radius 3 is 2.06 bits per heavy atom. The molecular formula is C48H40N2. The molecule has 2 heteroatoms. The van der Waals surface area contributed by atoms with Gasteiger partial charge < -0.3 is 4.90 Å². The predicted octanol–water partition coefficient (Wildman–Crippen LogP) is 12.6. The van der Waals surface area contributed by atoms with E-state index in [1.807, 2.05) is 12.1 Å². The molecule has 2 bridgehead atoms. The molecule has 0 radical (unpaired) electrons. The van der Waals surface area contributed by atoms with Crippen molar-refractivity contribution in [3.05, 3.63) is 174 Å². The number of hydrogen-bond donors (Lipinski definition) is 0. The molecular weight excluding hydrogens is 605 g/mol. The number of hydrogen-bond acceptors (Lipinski definition) is 2. The third-order valence-electron chi connectivity index (χ3n) is 11.7. The lowest BCUT2D eigenvalue weighted by Gasteiger charge is -2.49. The Morgan fingerprint density at radius 1 is 0.600 bits per heavy atom. The largest absolute Gasteiger partial charge is 0.310 e. The molecule has 0 aliphatic heterocycles. The molecule has 2 nitrogen and oxygen atoms in total. The minimum atomic E-state index is -0.198. The number of fused-ring (bicyclic) bond motifs is 8. The average Bonchev–Trinajstić information content (AvgIpc) is 3.44. The standard InChI is InChI=1S/C48H40N2/c1-32-24-38-27-39(25-32)48(30-33(38)2)45-19-10-9-18-43(45)47-44(37-15-11-14-36(26-37)35-12-5-3-6-13-35)28-42(29-46(47)48)50(40-16-7-4-8-17-40)41-22-20-34(31-49)21-23-41/h3-23,26,28-30,32,38-39H,24-25,27H2,1-2H3. The Labute approximate surface area is 296 Å². The summed E-state index contributed by atoms with van der Waals surface area (Å²) in [4.78, 5) is 2.37. The van der Waals surface area contributed by atoms with Gasteiger partial charge in [-0.15, -0.1) is 0 Å². The molecule has 0 N–H and O–H groups in total. The number of benzene rings is 6. The molecule has 0 heterocycles. The molecule has 1 spiro atoms. The molecule has 9 rings (SSSR count). The van der Waals surface area contributed by atoms with Crippen molar-refractivity contribution in [2.75, 3.05) is 4.90 Å². The Kier molecular flexibility index (Phi) is 7.32. The maximum Gasteiger partial charge on any atom is 0.0991 e. The average molecular weight is 645 g/mol. The van der Waals surface area contributed by atoms with E-state index in [-0.39, 0.29) is 5.41 Å². The van der Waals surface area contributed by atoms with Gasteiger partial charge in [0.15, 0.2) is 0 Å². The molecule has 242 valence electrons. The van der Waals surface area contributed by atoms with Crippen LogP contribution in [0.25, 0.3) is 33.4 Å². The highest BCUT2D eigenvalue weighted by Gasteiger charge is 2.52. The fourth-order valence-electron chi connectivity index (χ4n) is 9.55. The van der Waals surface area contributed by atoms with Gasteiger partial charge >= 0.3 is 0 Å². The first-order valence-corrected chi connectivity index (χ1v) is 18.0. The summed E-state index contributed by atoms with van der Waals surface area (Å²) in [5.74, 6) is 1.89. The fraction of sp³-hybridized carbons (Fsp3) is 0.188. The SMILES string of the molecule is CC1=CC2(c3ccccc3-c3c(-c4cccc(-c5ccccc5)c4)cc(N(c4ccccc4)c4ccc(C#N)cc4)cc32)C2CC(C)CC1C2. The zero-order chi connectivity index (χ0) is 33.8. The quantitative estimate of drug-likeness (QED) is 0.175. The lowest BCUT2D eigenvalue weighted by molar-refractivity contribution is 0.168. The van der Waals surface area contributed by atoms with Crippen LogP contribution >= 0.6 is 0 Å². The van der Waals surface area contributed by atoms with E-state index in [0.29, 0.717) is 23.3 Å². The number of nitrogens with zero attached hydrogens (tertiary/aromatic N) is 2. The van der Waals surface area contributed by atoms with Gasteiger partial charge in [0.2, 0.25) is 0 Å². The number of nitriles is 1. The van der Waals surface area contributed by atoms with E-state index < -0.39 is 0 Å². The summed E-state index contributed by atoms with van der Waals surface area (Å²) in [7, 11) is 0. The molecule has 6 aromatic rings. The Balaban J connectivity index is 1.37.